The zero-order chi connectivity index (χ0) is 12.1. The SMILES string of the molecule is Cc1cc(C(Cl)C2CC2(C)C)c(C)cc1Cl. The summed E-state index contributed by atoms with van der Waals surface area (Å²) >= 11 is 12.7. The molecule has 1 aliphatic rings. The van der Waals surface area contributed by atoms with Gasteiger partial charge in [-0.25, -0.2) is 0 Å². The number of aryl methyl sites for hydroxylation is 2. The maximum atomic E-state index is 6.57. The summed E-state index contributed by atoms with van der Waals surface area (Å²) in [4.78, 5) is 0. The molecule has 1 saturated carbocycles. The molecule has 1 aliphatic carbocycles. The van der Waals surface area contributed by atoms with Crippen LogP contribution in [0.4, 0.5) is 0 Å². The summed E-state index contributed by atoms with van der Waals surface area (Å²) in [6.07, 6.45) is 1.22. The highest BCUT2D eigenvalue weighted by Gasteiger charge is 2.50. The molecule has 0 aliphatic heterocycles. The molecule has 88 valence electrons. The van der Waals surface area contributed by atoms with Crippen LogP contribution < -0.4 is 0 Å². The van der Waals surface area contributed by atoms with Gasteiger partial charge in [-0.1, -0.05) is 31.5 Å². The van der Waals surface area contributed by atoms with E-state index in [0.29, 0.717) is 11.3 Å². The van der Waals surface area contributed by atoms with Crippen molar-refractivity contribution in [3.63, 3.8) is 0 Å². The van der Waals surface area contributed by atoms with E-state index < -0.39 is 0 Å². The fourth-order valence-corrected chi connectivity index (χ4v) is 3.21. The van der Waals surface area contributed by atoms with Gasteiger partial charge in [-0.15, -0.1) is 11.6 Å². The molecule has 1 fully saturated rings. The molecule has 16 heavy (non-hydrogen) atoms. The van der Waals surface area contributed by atoms with Gasteiger partial charge in [0.05, 0.1) is 5.38 Å². The van der Waals surface area contributed by atoms with Crippen molar-refractivity contribution in [2.45, 2.75) is 39.5 Å². The summed E-state index contributed by atoms with van der Waals surface area (Å²) < 4.78 is 0. The van der Waals surface area contributed by atoms with Crippen molar-refractivity contribution in [2.24, 2.45) is 11.3 Å². The van der Waals surface area contributed by atoms with E-state index in [1.165, 1.54) is 17.5 Å². The number of halogens is 2. The fourth-order valence-electron chi connectivity index (χ4n) is 2.32. The van der Waals surface area contributed by atoms with E-state index in [4.69, 9.17) is 23.2 Å². The van der Waals surface area contributed by atoms with E-state index in [9.17, 15) is 0 Å². The lowest BCUT2D eigenvalue weighted by atomic mass is 9.97. The predicted molar refractivity (Wildman–Crippen MR) is 71.4 cm³/mol. The lowest BCUT2D eigenvalue weighted by molar-refractivity contribution is 0.547. The second-order valence-corrected chi connectivity index (χ2v) is 6.54. The molecule has 0 heterocycles. The van der Waals surface area contributed by atoms with Crippen molar-refractivity contribution in [3.05, 3.63) is 33.8 Å². The lowest BCUT2D eigenvalue weighted by Gasteiger charge is -2.16. The Labute approximate surface area is 108 Å². The van der Waals surface area contributed by atoms with Gasteiger partial charge in [-0.05, 0) is 54.4 Å². The summed E-state index contributed by atoms with van der Waals surface area (Å²) in [6, 6.07) is 4.17. The summed E-state index contributed by atoms with van der Waals surface area (Å²) in [6.45, 7) is 8.69. The van der Waals surface area contributed by atoms with Crippen LogP contribution in [-0.4, -0.2) is 0 Å². The van der Waals surface area contributed by atoms with Crippen LogP contribution in [0.1, 0.15) is 42.3 Å². The molecule has 0 nitrogen and oxygen atoms in total. The molecule has 2 unspecified atom stereocenters. The molecule has 2 rings (SSSR count). The van der Waals surface area contributed by atoms with Crippen molar-refractivity contribution >= 4 is 23.2 Å². The topological polar surface area (TPSA) is 0 Å². The molecule has 0 N–H and O–H groups in total. The third-order valence-electron chi connectivity index (χ3n) is 3.79. The van der Waals surface area contributed by atoms with Gasteiger partial charge in [-0.2, -0.15) is 0 Å². The molecule has 1 aromatic carbocycles. The van der Waals surface area contributed by atoms with Crippen molar-refractivity contribution in [1.29, 1.82) is 0 Å². The third-order valence-corrected chi connectivity index (χ3v) is 4.73. The number of benzene rings is 1. The highest BCUT2D eigenvalue weighted by molar-refractivity contribution is 6.31. The van der Waals surface area contributed by atoms with Gasteiger partial charge in [-0.3, -0.25) is 0 Å². The molecule has 1 aromatic rings. The Bertz CT molecular complexity index is 421. The van der Waals surface area contributed by atoms with Crippen molar-refractivity contribution in [1.82, 2.24) is 0 Å². The first kappa shape index (κ1) is 12.3. The monoisotopic (exact) mass is 256 g/mol. The average Bonchev–Trinajstić information content (AvgIpc) is 2.80. The first-order valence-electron chi connectivity index (χ1n) is 5.73. The maximum Gasteiger partial charge on any atom is 0.0621 e. The van der Waals surface area contributed by atoms with Gasteiger partial charge in [0, 0.05) is 5.02 Å². The van der Waals surface area contributed by atoms with Crippen molar-refractivity contribution < 1.29 is 0 Å². The molecular formula is C14H18Cl2. The Morgan fingerprint density at radius 2 is 1.81 bits per heavy atom. The van der Waals surface area contributed by atoms with Gasteiger partial charge in [0.25, 0.3) is 0 Å². The number of hydrogen-bond acceptors (Lipinski definition) is 0. The summed E-state index contributed by atoms with van der Waals surface area (Å²) in [7, 11) is 0. The van der Waals surface area contributed by atoms with E-state index in [1.54, 1.807) is 0 Å². The minimum atomic E-state index is 0.131. The van der Waals surface area contributed by atoms with Crippen LogP contribution in [0.25, 0.3) is 0 Å². The van der Waals surface area contributed by atoms with Crippen LogP contribution in [0.3, 0.4) is 0 Å². The highest BCUT2D eigenvalue weighted by Crippen LogP contribution is 2.60. The van der Waals surface area contributed by atoms with Crippen LogP contribution in [-0.2, 0) is 0 Å². The van der Waals surface area contributed by atoms with Crippen molar-refractivity contribution in [2.75, 3.05) is 0 Å². The van der Waals surface area contributed by atoms with E-state index in [-0.39, 0.29) is 5.38 Å². The Kier molecular flexibility index (Phi) is 3.01. The lowest BCUT2D eigenvalue weighted by Crippen LogP contribution is -2.02. The van der Waals surface area contributed by atoms with Gasteiger partial charge >= 0.3 is 0 Å². The fraction of sp³-hybridized carbons (Fsp3) is 0.571. The second kappa shape index (κ2) is 3.92. The van der Waals surface area contributed by atoms with Gasteiger partial charge in [0.15, 0.2) is 0 Å². The van der Waals surface area contributed by atoms with Crippen LogP contribution in [0.2, 0.25) is 5.02 Å². The maximum absolute atomic E-state index is 6.57. The molecule has 0 bridgehead atoms. The minimum Gasteiger partial charge on any atom is -0.117 e. The zero-order valence-electron chi connectivity index (χ0n) is 10.3. The molecule has 0 aromatic heterocycles. The van der Waals surface area contributed by atoms with Gasteiger partial charge in [0.1, 0.15) is 0 Å². The van der Waals surface area contributed by atoms with E-state index in [0.717, 1.165) is 10.6 Å². The molecule has 0 spiro atoms. The third kappa shape index (κ3) is 2.10. The van der Waals surface area contributed by atoms with E-state index in [2.05, 4.69) is 26.8 Å². The molecule has 0 radical (unpaired) electrons. The quantitative estimate of drug-likeness (QED) is 0.632. The first-order valence-corrected chi connectivity index (χ1v) is 6.55. The normalized spacial score (nSPS) is 24.2. The standard InChI is InChI=1S/C14H18Cl2/c1-8-6-12(15)9(2)5-10(8)13(16)11-7-14(11,3)4/h5-6,11,13H,7H2,1-4H3. The van der Waals surface area contributed by atoms with Crippen LogP contribution in [0, 0.1) is 25.2 Å². The molecule has 0 amide bonds. The van der Waals surface area contributed by atoms with Crippen LogP contribution in [0.5, 0.6) is 0 Å². The number of rotatable bonds is 2. The largest absolute Gasteiger partial charge is 0.117 e. The predicted octanol–water partition coefficient (Wildman–Crippen LogP) is 5.28. The Balaban J connectivity index is 2.31. The van der Waals surface area contributed by atoms with Crippen molar-refractivity contribution in [3.8, 4) is 0 Å². The summed E-state index contributed by atoms with van der Waals surface area (Å²) in [5, 5.41) is 0.964. The smallest absolute Gasteiger partial charge is 0.0621 e. The Morgan fingerprint density at radius 1 is 1.25 bits per heavy atom. The van der Waals surface area contributed by atoms with Crippen LogP contribution >= 0.6 is 23.2 Å². The Hall–Kier alpha value is -0.200. The number of hydrogen-bond donors (Lipinski definition) is 0. The average molecular weight is 257 g/mol. The zero-order valence-corrected chi connectivity index (χ0v) is 11.8. The molecule has 2 atom stereocenters. The molecule has 0 saturated heterocycles. The van der Waals surface area contributed by atoms with Gasteiger partial charge in [0.2, 0.25) is 0 Å². The molecular weight excluding hydrogens is 239 g/mol. The number of alkyl halides is 1. The summed E-state index contributed by atoms with van der Waals surface area (Å²) in [5.74, 6) is 0.605. The van der Waals surface area contributed by atoms with E-state index in [1.807, 2.05) is 13.0 Å². The first-order chi connectivity index (χ1) is 7.33. The highest BCUT2D eigenvalue weighted by atomic mass is 35.5. The minimum absolute atomic E-state index is 0.131. The Morgan fingerprint density at radius 3 is 2.31 bits per heavy atom. The van der Waals surface area contributed by atoms with Gasteiger partial charge < -0.3 is 0 Å². The van der Waals surface area contributed by atoms with Crippen LogP contribution in [0.15, 0.2) is 12.1 Å². The molecule has 2 heteroatoms. The summed E-state index contributed by atoms with van der Waals surface area (Å²) in [5.41, 5.74) is 3.98. The van der Waals surface area contributed by atoms with E-state index >= 15 is 0 Å². The second-order valence-electron chi connectivity index (χ2n) is 5.66.